The fourth-order valence-electron chi connectivity index (χ4n) is 2.57. The summed E-state index contributed by atoms with van der Waals surface area (Å²) in [5, 5.41) is 4.31. The molecule has 0 bridgehead atoms. The van der Waals surface area contributed by atoms with Gasteiger partial charge in [0.15, 0.2) is 5.65 Å². The average Bonchev–Trinajstić information content (AvgIpc) is 3.05. The molecule has 0 spiro atoms. The topological polar surface area (TPSA) is 30.7 Å². The standard InChI is InChI=1S/C15H15BrClN3S/c1-10(6-11-3-5-21-9-11)20-14(2-4-17)19-13-7-12(16)8-18-15(13)20/h3,5,7-10H,2,4,6H2,1H3. The molecule has 1 atom stereocenters. The Hall–Kier alpha value is -0.910. The molecular weight excluding hydrogens is 370 g/mol. The lowest BCUT2D eigenvalue weighted by Gasteiger charge is -2.16. The van der Waals surface area contributed by atoms with E-state index in [1.54, 1.807) is 11.3 Å². The highest BCUT2D eigenvalue weighted by molar-refractivity contribution is 9.10. The van der Waals surface area contributed by atoms with Gasteiger partial charge in [-0.2, -0.15) is 11.3 Å². The highest BCUT2D eigenvalue weighted by Crippen LogP contribution is 2.25. The summed E-state index contributed by atoms with van der Waals surface area (Å²) in [5.41, 5.74) is 3.20. The molecule has 21 heavy (non-hydrogen) atoms. The predicted octanol–water partition coefficient (Wildman–Crippen LogP) is 4.84. The van der Waals surface area contributed by atoms with Crippen LogP contribution in [0, 0.1) is 0 Å². The first kappa shape index (κ1) is 15.0. The van der Waals surface area contributed by atoms with Crippen molar-refractivity contribution in [3.05, 3.63) is 45.0 Å². The summed E-state index contributed by atoms with van der Waals surface area (Å²) in [5.74, 6) is 1.57. The van der Waals surface area contributed by atoms with Crippen LogP contribution in [-0.4, -0.2) is 20.4 Å². The fraction of sp³-hybridized carbons (Fsp3) is 0.333. The number of rotatable bonds is 5. The molecule has 0 radical (unpaired) electrons. The molecule has 110 valence electrons. The molecule has 0 N–H and O–H groups in total. The molecule has 3 heterocycles. The Morgan fingerprint density at radius 2 is 2.33 bits per heavy atom. The Kier molecular flexibility index (Phi) is 4.62. The van der Waals surface area contributed by atoms with E-state index in [1.165, 1.54) is 5.56 Å². The van der Waals surface area contributed by atoms with E-state index < -0.39 is 0 Å². The second-order valence-electron chi connectivity index (χ2n) is 5.02. The van der Waals surface area contributed by atoms with E-state index in [1.807, 2.05) is 12.3 Å². The van der Waals surface area contributed by atoms with Gasteiger partial charge in [-0.15, -0.1) is 11.6 Å². The molecule has 0 aliphatic carbocycles. The maximum absolute atomic E-state index is 5.93. The van der Waals surface area contributed by atoms with E-state index in [4.69, 9.17) is 16.6 Å². The van der Waals surface area contributed by atoms with Crippen molar-refractivity contribution in [3.8, 4) is 0 Å². The number of pyridine rings is 1. The minimum atomic E-state index is 0.302. The molecule has 0 amide bonds. The first-order chi connectivity index (χ1) is 10.2. The van der Waals surface area contributed by atoms with Gasteiger partial charge in [0.05, 0.1) is 0 Å². The van der Waals surface area contributed by atoms with Gasteiger partial charge < -0.3 is 4.57 Å². The second-order valence-corrected chi connectivity index (χ2v) is 7.09. The second kappa shape index (κ2) is 6.46. The van der Waals surface area contributed by atoms with Crippen molar-refractivity contribution in [2.24, 2.45) is 0 Å². The molecule has 0 aliphatic rings. The molecule has 0 aliphatic heterocycles. The third kappa shape index (κ3) is 3.15. The van der Waals surface area contributed by atoms with Crippen molar-refractivity contribution in [1.29, 1.82) is 0 Å². The van der Waals surface area contributed by atoms with Gasteiger partial charge in [0.2, 0.25) is 0 Å². The molecule has 3 aromatic heterocycles. The maximum Gasteiger partial charge on any atom is 0.160 e. The van der Waals surface area contributed by atoms with Gasteiger partial charge in [-0.05, 0) is 57.7 Å². The smallest absolute Gasteiger partial charge is 0.160 e. The number of aromatic nitrogens is 3. The van der Waals surface area contributed by atoms with Crippen LogP contribution in [-0.2, 0) is 12.8 Å². The van der Waals surface area contributed by atoms with Gasteiger partial charge in [0.25, 0.3) is 0 Å². The van der Waals surface area contributed by atoms with Crippen LogP contribution in [0.25, 0.3) is 11.2 Å². The fourth-order valence-corrected chi connectivity index (χ4v) is 3.74. The van der Waals surface area contributed by atoms with Crippen LogP contribution < -0.4 is 0 Å². The number of hydrogen-bond acceptors (Lipinski definition) is 3. The molecular formula is C15H15BrClN3S. The number of alkyl halides is 1. The van der Waals surface area contributed by atoms with Crippen LogP contribution in [0.2, 0.25) is 0 Å². The van der Waals surface area contributed by atoms with Crippen LogP contribution in [0.1, 0.15) is 24.4 Å². The Morgan fingerprint density at radius 1 is 1.48 bits per heavy atom. The molecule has 3 aromatic rings. The summed E-state index contributed by atoms with van der Waals surface area (Å²) in [7, 11) is 0. The lowest BCUT2D eigenvalue weighted by atomic mass is 10.1. The third-order valence-electron chi connectivity index (χ3n) is 3.44. The zero-order valence-corrected chi connectivity index (χ0v) is 14.7. The quantitative estimate of drug-likeness (QED) is 0.589. The zero-order valence-electron chi connectivity index (χ0n) is 11.6. The molecule has 0 saturated heterocycles. The number of nitrogens with zero attached hydrogens (tertiary/aromatic N) is 3. The molecule has 3 rings (SSSR count). The van der Waals surface area contributed by atoms with Crippen LogP contribution >= 0.6 is 38.9 Å². The summed E-state index contributed by atoms with van der Waals surface area (Å²) >= 11 is 11.1. The molecule has 0 saturated carbocycles. The number of thiophene rings is 1. The third-order valence-corrected chi connectivity index (χ3v) is 4.79. The normalized spacial score (nSPS) is 12.9. The van der Waals surface area contributed by atoms with Crippen LogP contribution in [0.4, 0.5) is 0 Å². The SMILES string of the molecule is CC(Cc1ccsc1)n1c(CCCl)nc2cc(Br)cnc21. The summed E-state index contributed by atoms with van der Waals surface area (Å²) in [6.07, 6.45) is 3.55. The van der Waals surface area contributed by atoms with Gasteiger partial charge in [0, 0.05) is 29.0 Å². The van der Waals surface area contributed by atoms with E-state index in [2.05, 4.69) is 49.2 Å². The van der Waals surface area contributed by atoms with E-state index in [0.717, 1.165) is 34.3 Å². The van der Waals surface area contributed by atoms with Crippen molar-refractivity contribution in [3.63, 3.8) is 0 Å². The van der Waals surface area contributed by atoms with E-state index in [-0.39, 0.29) is 0 Å². The first-order valence-electron chi connectivity index (χ1n) is 6.78. The maximum atomic E-state index is 5.93. The number of halogens is 2. The van der Waals surface area contributed by atoms with Gasteiger partial charge in [0.1, 0.15) is 11.3 Å². The van der Waals surface area contributed by atoms with Gasteiger partial charge in [-0.1, -0.05) is 0 Å². The monoisotopic (exact) mass is 383 g/mol. The summed E-state index contributed by atoms with van der Waals surface area (Å²) in [6, 6.07) is 4.48. The molecule has 6 heteroatoms. The lowest BCUT2D eigenvalue weighted by molar-refractivity contribution is 0.535. The average molecular weight is 385 g/mol. The first-order valence-corrected chi connectivity index (χ1v) is 9.05. The molecule has 0 aromatic carbocycles. The van der Waals surface area contributed by atoms with Gasteiger partial charge in [-0.3, -0.25) is 0 Å². The number of hydrogen-bond donors (Lipinski definition) is 0. The molecule has 1 unspecified atom stereocenters. The summed E-state index contributed by atoms with van der Waals surface area (Å²) < 4.78 is 3.17. The summed E-state index contributed by atoms with van der Waals surface area (Å²) in [4.78, 5) is 9.25. The highest BCUT2D eigenvalue weighted by Gasteiger charge is 2.17. The van der Waals surface area contributed by atoms with Gasteiger partial charge in [-0.25, -0.2) is 9.97 Å². The molecule has 0 fully saturated rings. The zero-order chi connectivity index (χ0) is 14.8. The largest absolute Gasteiger partial charge is 0.309 e. The van der Waals surface area contributed by atoms with Crippen LogP contribution in [0.3, 0.4) is 0 Å². The molecule has 3 nitrogen and oxygen atoms in total. The van der Waals surface area contributed by atoms with E-state index in [9.17, 15) is 0 Å². The Bertz CT molecular complexity index is 739. The minimum Gasteiger partial charge on any atom is -0.309 e. The Balaban J connectivity index is 2.03. The van der Waals surface area contributed by atoms with Crippen LogP contribution in [0.5, 0.6) is 0 Å². The van der Waals surface area contributed by atoms with E-state index >= 15 is 0 Å². The number of fused-ring (bicyclic) bond motifs is 1. The van der Waals surface area contributed by atoms with Gasteiger partial charge >= 0.3 is 0 Å². The predicted molar refractivity (Wildman–Crippen MR) is 92.4 cm³/mol. The van der Waals surface area contributed by atoms with Crippen molar-refractivity contribution in [2.45, 2.75) is 25.8 Å². The lowest BCUT2D eigenvalue weighted by Crippen LogP contribution is -2.12. The minimum absolute atomic E-state index is 0.302. The van der Waals surface area contributed by atoms with Crippen molar-refractivity contribution in [2.75, 3.05) is 5.88 Å². The van der Waals surface area contributed by atoms with E-state index in [0.29, 0.717) is 11.9 Å². The van der Waals surface area contributed by atoms with Crippen molar-refractivity contribution in [1.82, 2.24) is 14.5 Å². The Morgan fingerprint density at radius 3 is 3.05 bits per heavy atom. The van der Waals surface area contributed by atoms with Crippen molar-refractivity contribution < 1.29 is 0 Å². The Labute approximate surface area is 141 Å². The van der Waals surface area contributed by atoms with Crippen LogP contribution in [0.15, 0.2) is 33.6 Å². The number of imidazole rings is 1. The number of aryl methyl sites for hydroxylation is 1. The van der Waals surface area contributed by atoms with Crippen molar-refractivity contribution >= 4 is 50.0 Å². The highest BCUT2D eigenvalue weighted by atomic mass is 79.9. The summed E-state index contributed by atoms with van der Waals surface area (Å²) in [6.45, 7) is 2.21.